The molecule has 1 atom stereocenters. The first-order valence-corrected chi connectivity index (χ1v) is 6.55. The van der Waals surface area contributed by atoms with Gasteiger partial charge in [-0.25, -0.2) is 4.98 Å². The molecule has 0 fully saturated rings. The van der Waals surface area contributed by atoms with Crippen molar-refractivity contribution in [3.63, 3.8) is 0 Å². The van der Waals surface area contributed by atoms with Crippen LogP contribution in [0.15, 0.2) is 12.1 Å². The molecule has 1 unspecified atom stereocenters. The summed E-state index contributed by atoms with van der Waals surface area (Å²) in [5.74, 6) is 0.329. The number of hydrogen-bond donors (Lipinski definition) is 1. The Balaban J connectivity index is 2.15. The normalized spacial score (nSPS) is 18.2. The van der Waals surface area contributed by atoms with E-state index in [1.165, 1.54) is 0 Å². The van der Waals surface area contributed by atoms with E-state index in [2.05, 4.69) is 10.3 Å². The third kappa shape index (κ3) is 3.67. The Morgan fingerprint density at radius 2 is 2.37 bits per heavy atom. The summed E-state index contributed by atoms with van der Waals surface area (Å²) in [5.41, 5.74) is 0.806. The van der Waals surface area contributed by atoms with Gasteiger partial charge in [-0.15, -0.1) is 0 Å². The summed E-state index contributed by atoms with van der Waals surface area (Å²) in [6, 6.07) is 3.14. The standard InChI is InChI=1S/C13H15ClN2O3/c1-2-19-12(18)7-9-6-10(17)5-8-3-4-11(14)16-13(8)15-9/h3-4,9H,2,5-7H2,1H3,(H,15,16). The minimum absolute atomic E-state index is 0.0738. The number of anilines is 1. The number of nitrogens with one attached hydrogen (secondary N) is 1. The first-order chi connectivity index (χ1) is 9.08. The number of carbonyl (C=O) groups excluding carboxylic acids is 2. The van der Waals surface area contributed by atoms with Gasteiger partial charge < -0.3 is 10.1 Å². The monoisotopic (exact) mass is 282 g/mol. The Labute approximate surface area is 116 Å². The van der Waals surface area contributed by atoms with Crippen LogP contribution < -0.4 is 5.32 Å². The van der Waals surface area contributed by atoms with Crippen LogP contribution in [0.5, 0.6) is 0 Å². The molecule has 1 aromatic rings. The number of ether oxygens (including phenoxy) is 1. The predicted octanol–water partition coefficient (Wildman–Crippen LogP) is 1.98. The second-order valence-electron chi connectivity index (χ2n) is 4.41. The van der Waals surface area contributed by atoms with Crippen molar-refractivity contribution in [2.75, 3.05) is 11.9 Å². The molecule has 2 rings (SSSR count). The summed E-state index contributed by atoms with van der Waals surface area (Å²) < 4.78 is 4.90. The number of nitrogens with zero attached hydrogens (tertiary/aromatic N) is 1. The highest BCUT2D eigenvalue weighted by molar-refractivity contribution is 6.29. The van der Waals surface area contributed by atoms with Crippen LogP contribution in [0.2, 0.25) is 5.15 Å². The zero-order valence-electron chi connectivity index (χ0n) is 10.6. The minimum Gasteiger partial charge on any atom is -0.466 e. The number of fused-ring (bicyclic) bond motifs is 1. The molecule has 19 heavy (non-hydrogen) atoms. The Hall–Kier alpha value is -1.62. The van der Waals surface area contributed by atoms with Gasteiger partial charge >= 0.3 is 5.97 Å². The fraction of sp³-hybridized carbons (Fsp3) is 0.462. The summed E-state index contributed by atoms with van der Waals surface area (Å²) in [4.78, 5) is 27.5. The maximum absolute atomic E-state index is 11.8. The van der Waals surface area contributed by atoms with Gasteiger partial charge in [0.25, 0.3) is 0 Å². The van der Waals surface area contributed by atoms with E-state index >= 15 is 0 Å². The number of Topliss-reactive ketones (excluding diaryl/α,β-unsaturated/α-hetero) is 1. The third-order valence-corrected chi connectivity index (χ3v) is 3.08. The van der Waals surface area contributed by atoms with E-state index < -0.39 is 0 Å². The molecule has 0 amide bonds. The van der Waals surface area contributed by atoms with Crippen LogP contribution in [0, 0.1) is 0 Å². The lowest BCUT2D eigenvalue weighted by Crippen LogP contribution is -2.26. The molecule has 0 radical (unpaired) electrons. The minimum atomic E-state index is -0.321. The van der Waals surface area contributed by atoms with Crippen molar-refractivity contribution in [2.45, 2.75) is 32.2 Å². The largest absolute Gasteiger partial charge is 0.466 e. The van der Waals surface area contributed by atoms with Gasteiger partial charge in [0, 0.05) is 24.4 Å². The quantitative estimate of drug-likeness (QED) is 0.678. The van der Waals surface area contributed by atoms with Gasteiger partial charge in [-0.1, -0.05) is 17.7 Å². The van der Waals surface area contributed by atoms with Gasteiger partial charge in [0.2, 0.25) is 0 Å². The van der Waals surface area contributed by atoms with Crippen LogP contribution >= 0.6 is 11.6 Å². The van der Waals surface area contributed by atoms with Crippen molar-refractivity contribution < 1.29 is 14.3 Å². The van der Waals surface area contributed by atoms with Crippen molar-refractivity contribution >= 4 is 29.2 Å². The number of esters is 1. The third-order valence-electron chi connectivity index (χ3n) is 2.87. The van der Waals surface area contributed by atoms with Crippen LogP contribution in [0.4, 0.5) is 5.82 Å². The van der Waals surface area contributed by atoms with Crippen LogP contribution in [0.1, 0.15) is 25.3 Å². The van der Waals surface area contributed by atoms with Crippen LogP contribution in [-0.4, -0.2) is 29.4 Å². The molecule has 1 N–H and O–H groups in total. The van der Waals surface area contributed by atoms with Crippen molar-refractivity contribution in [1.29, 1.82) is 0 Å². The van der Waals surface area contributed by atoms with E-state index in [0.29, 0.717) is 24.0 Å². The van der Waals surface area contributed by atoms with E-state index in [-0.39, 0.29) is 30.6 Å². The van der Waals surface area contributed by atoms with Gasteiger partial charge in [-0.3, -0.25) is 9.59 Å². The lowest BCUT2D eigenvalue weighted by Gasteiger charge is -2.15. The maximum Gasteiger partial charge on any atom is 0.307 e. The lowest BCUT2D eigenvalue weighted by molar-refractivity contribution is -0.143. The van der Waals surface area contributed by atoms with Crippen LogP contribution in [0.25, 0.3) is 0 Å². The number of rotatable bonds is 3. The van der Waals surface area contributed by atoms with Gasteiger partial charge in [-0.05, 0) is 13.0 Å². The second-order valence-corrected chi connectivity index (χ2v) is 4.80. The van der Waals surface area contributed by atoms with Gasteiger partial charge in [0.15, 0.2) is 0 Å². The average molecular weight is 283 g/mol. The maximum atomic E-state index is 11.8. The molecule has 2 heterocycles. The molecule has 1 aromatic heterocycles. The van der Waals surface area contributed by atoms with Crippen molar-refractivity contribution in [2.24, 2.45) is 0 Å². The molecule has 0 saturated heterocycles. The number of hydrogen-bond acceptors (Lipinski definition) is 5. The van der Waals surface area contributed by atoms with Gasteiger partial charge in [-0.2, -0.15) is 0 Å². The van der Waals surface area contributed by atoms with Crippen LogP contribution in [0.3, 0.4) is 0 Å². The molecule has 1 aliphatic heterocycles. The number of halogens is 1. The average Bonchev–Trinajstić information content (AvgIpc) is 2.46. The van der Waals surface area contributed by atoms with Crippen molar-refractivity contribution in [3.8, 4) is 0 Å². The van der Waals surface area contributed by atoms with Crippen LogP contribution in [-0.2, 0) is 20.7 Å². The SMILES string of the molecule is CCOC(=O)CC1CC(=O)Cc2ccc(Cl)nc2N1. The van der Waals surface area contributed by atoms with E-state index in [1.54, 1.807) is 19.1 Å². The Morgan fingerprint density at radius 1 is 1.58 bits per heavy atom. The highest BCUT2D eigenvalue weighted by Gasteiger charge is 2.24. The summed E-state index contributed by atoms with van der Waals surface area (Å²) in [6.07, 6.45) is 0.742. The molecular formula is C13H15ClN2O3. The molecule has 0 bridgehead atoms. The zero-order chi connectivity index (χ0) is 13.8. The first kappa shape index (κ1) is 13.8. The molecule has 102 valence electrons. The number of aromatic nitrogens is 1. The molecule has 0 aliphatic carbocycles. The van der Waals surface area contributed by atoms with Gasteiger partial charge in [0.05, 0.1) is 13.0 Å². The smallest absolute Gasteiger partial charge is 0.307 e. The summed E-state index contributed by atoms with van der Waals surface area (Å²) in [6.45, 7) is 2.08. The van der Waals surface area contributed by atoms with E-state index in [1.807, 2.05) is 0 Å². The van der Waals surface area contributed by atoms with E-state index in [9.17, 15) is 9.59 Å². The number of carbonyl (C=O) groups is 2. The highest BCUT2D eigenvalue weighted by Crippen LogP contribution is 2.23. The molecule has 5 nitrogen and oxygen atoms in total. The molecule has 1 aliphatic rings. The Kier molecular flexibility index (Phi) is 4.37. The van der Waals surface area contributed by atoms with Crippen molar-refractivity contribution in [3.05, 3.63) is 22.8 Å². The highest BCUT2D eigenvalue weighted by atomic mass is 35.5. The zero-order valence-corrected chi connectivity index (χ0v) is 11.4. The fourth-order valence-electron chi connectivity index (χ4n) is 2.08. The number of ketones is 1. The molecule has 0 saturated carbocycles. The predicted molar refractivity (Wildman–Crippen MR) is 71.2 cm³/mol. The summed E-state index contributed by atoms with van der Waals surface area (Å²) >= 11 is 5.84. The van der Waals surface area contributed by atoms with E-state index in [4.69, 9.17) is 16.3 Å². The molecule has 6 heteroatoms. The molecule has 0 aromatic carbocycles. The van der Waals surface area contributed by atoms with Gasteiger partial charge in [0.1, 0.15) is 16.8 Å². The first-order valence-electron chi connectivity index (χ1n) is 6.17. The summed E-state index contributed by atoms with van der Waals surface area (Å²) in [5, 5.41) is 3.46. The van der Waals surface area contributed by atoms with Crippen molar-refractivity contribution in [1.82, 2.24) is 4.98 Å². The molecule has 0 spiro atoms. The summed E-state index contributed by atoms with van der Waals surface area (Å²) in [7, 11) is 0. The second kappa shape index (κ2) is 6.02. The molecular weight excluding hydrogens is 268 g/mol. The Bertz CT molecular complexity index is 505. The van der Waals surface area contributed by atoms with E-state index in [0.717, 1.165) is 5.56 Å². The fourth-order valence-corrected chi connectivity index (χ4v) is 2.23. The topological polar surface area (TPSA) is 68.3 Å². The Morgan fingerprint density at radius 3 is 3.11 bits per heavy atom. The number of pyridine rings is 1. The lowest BCUT2D eigenvalue weighted by atomic mass is 10.1.